The van der Waals surface area contributed by atoms with Crippen LogP contribution in [0, 0.1) is 0 Å². The van der Waals surface area contributed by atoms with Crippen molar-refractivity contribution in [1.82, 2.24) is 0 Å². The van der Waals surface area contributed by atoms with Crippen molar-refractivity contribution in [3.63, 3.8) is 0 Å². The fraction of sp³-hybridized carbons (Fsp3) is 0.294. The fourth-order valence-electron chi connectivity index (χ4n) is 2.11. The molecule has 0 unspecified atom stereocenters. The van der Waals surface area contributed by atoms with Gasteiger partial charge in [0, 0.05) is 12.1 Å². The zero-order valence-corrected chi connectivity index (χ0v) is 14.9. The molecule has 0 bridgehead atoms. The molecule has 2 rings (SSSR count). The maximum atomic E-state index is 12.7. The molecule has 24 heavy (non-hydrogen) atoms. The number of nitrogens with one attached hydrogen (secondary N) is 1. The molecule has 0 radical (unpaired) electrons. The van der Waals surface area contributed by atoms with Gasteiger partial charge in [0.1, 0.15) is 22.1 Å². The average Bonchev–Trinajstić information content (AvgIpc) is 2.53. The first-order chi connectivity index (χ1) is 11.4. The smallest absolute Gasteiger partial charge is 0.265 e. The van der Waals surface area contributed by atoms with Crippen LogP contribution in [0.2, 0.25) is 0 Å². The second kappa shape index (κ2) is 7.44. The second-order valence-corrected chi connectivity index (χ2v) is 6.97. The lowest BCUT2D eigenvalue weighted by atomic mass is 10.3. The Morgan fingerprint density at radius 2 is 1.71 bits per heavy atom. The average molecular weight is 351 g/mol. The Bertz CT molecular complexity index is 802. The van der Waals surface area contributed by atoms with E-state index in [0.717, 1.165) is 0 Å². The molecule has 7 heteroatoms. The number of methoxy groups -OCH3 is 2. The molecule has 0 aliphatic carbocycles. The van der Waals surface area contributed by atoms with Gasteiger partial charge in [-0.3, -0.25) is 4.72 Å². The van der Waals surface area contributed by atoms with Crippen molar-refractivity contribution in [2.45, 2.75) is 24.8 Å². The van der Waals surface area contributed by atoms with Crippen LogP contribution in [0.25, 0.3) is 0 Å². The van der Waals surface area contributed by atoms with Gasteiger partial charge in [-0.25, -0.2) is 8.42 Å². The summed E-state index contributed by atoms with van der Waals surface area (Å²) in [6.45, 7) is 3.80. The van der Waals surface area contributed by atoms with Crippen molar-refractivity contribution in [2.24, 2.45) is 0 Å². The summed E-state index contributed by atoms with van der Waals surface area (Å²) < 4.78 is 43.7. The third-order valence-corrected chi connectivity index (χ3v) is 4.52. The van der Waals surface area contributed by atoms with Crippen LogP contribution < -0.4 is 18.9 Å². The lowest BCUT2D eigenvalue weighted by molar-refractivity contribution is 0.242. The predicted octanol–water partition coefficient (Wildman–Crippen LogP) is 3.29. The van der Waals surface area contributed by atoms with Gasteiger partial charge in [0.25, 0.3) is 10.0 Å². The van der Waals surface area contributed by atoms with Crippen molar-refractivity contribution in [3.8, 4) is 17.2 Å². The maximum absolute atomic E-state index is 12.7. The molecule has 2 aromatic carbocycles. The van der Waals surface area contributed by atoms with Gasteiger partial charge in [-0.05, 0) is 38.1 Å². The number of hydrogen-bond donors (Lipinski definition) is 1. The van der Waals surface area contributed by atoms with E-state index in [1.807, 2.05) is 13.8 Å². The van der Waals surface area contributed by atoms with Crippen molar-refractivity contribution in [1.29, 1.82) is 0 Å². The van der Waals surface area contributed by atoms with Gasteiger partial charge >= 0.3 is 0 Å². The van der Waals surface area contributed by atoms with E-state index in [0.29, 0.717) is 17.2 Å². The van der Waals surface area contributed by atoms with E-state index in [-0.39, 0.29) is 16.7 Å². The highest BCUT2D eigenvalue weighted by molar-refractivity contribution is 7.92. The molecule has 130 valence electrons. The molecule has 0 amide bonds. The van der Waals surface area contributed by atoms with Crippen molar-refractivity contribution < 1.29 is 22.6 Å². The van der Waals surface area contributed by atoms with Crippen LogP contribution in [0.5, 0.6) is 17.2 Å². The van der Waals surface area contributed by atoms with Gasteiger partial charge in [-0.15, -0.1) is 0 Å². The molecule has 0 spiro atoms. The quantitative estimate of drug-likeness (QED) is 0.828. The van der Waals surface area contributed by atoms with E-state index in [9.17, 15) is 8.42 Å². The standard InChI is InChI=1S/C17H21NO5S/c1-12(2)23-15-7-5-6-13(10-15)18-24(19,20)17-11-14(21-3)8-9-16(17)22-4/h5-12,18H,1-4H3. The van der Waals surface area contributed by atoms with Crippen molar-refractivity contribution in [2.75, 3.05) is 18.9 Å². The second-order valence-electron chi connectivity index (χ2n) is 5.32. The molecule has 0 heterocycles. The Labute approximate surface area is 142 Å². The summed E-state index contributed by atoms with van der Waals surface area (Å²) in [5.74, 6) is 1.24. The molecule has 0 fully saturated rings. The predicted molar refractivity (Wildman–Crippen MR) is 92.6 cm³/mol. The van der Waals surface area contributed by atoms with Gasteiger partial charge in [-0.1, -0.05) is 6.07 Å². The summed E-state index contributed by atoms with van der Waals surface area (Å²) in [6.07, 6.45) is -0.00432. The van der Waals surface area contributed by atoms with E-state index in [1.165, 1.54) is 20.3 Å². The molecule has 0 atom stereocenters. The number of rotatable bonds is 7. The first kappa shape index (κ1) is 17.9. The van der Waals surface area contributed by atoms with Crippen LogP contribution in [-0.2, 0) is 10.0 Å². The monoisotopic (exact) mass is 351 g/mol. The molecule has 2 aromatic rings. The molecule has 1 N–H and O–H groups in total. The zero-order chi connectivity index (χ0) is 17.7. The largest absolute Gasteiger partial charge is 0.497 e. The Hall–Kier alpha value is -2.41. The molecule has 0 saturated carbocycles. The lowest BCUT2D eigenvalue weighted by Crippen LogP contribution is -2.14. The minimum atomic E-state index is -3.84. The Balaban J connectivity index is 2.35. The topological polar surface area (TPSA) is 73.9 Å². The molecule has 0 aliphatic rings. The van der Waals surface area contributed by atoms with E-state index < -0.39 is 10.0 Å². The van der Waals surface area contributed by atoms with Crippen LogP contribution >= 0.6 is 0 Å². The molecule has 6 nitrogen and oxygen atoms in total. The summed E-state index contributed by atoms with van der Waals surface area (Å²) in [5, 5.41) is 0. The van der Waals surface area contributed by atoms with Crippen LogP contribution in [0.15, 0.2) is 47.4 Å². The molecule has 0 aliphatic heterocycles. The number of hydrogen-bond acceptors (Lipinski definition) is 5. The first-order valence-corrected chi connectivity index (χ1v) is 8.85. The molecule has 0 saturated heterocycles. The number of anilines is 1. The number of sulfonamides is 1. The van der Waals surface area contributed by atoms with Crippen molar-refractivity contribution in [3.05, 3.63) is 42.5 Å². The van der Waals surface area contributed by atoms with E-state index in [4.69, 9.17) is 14.2 Å². The lowest BCUT2D eigenvalue weighted by Gasteiger charge is -2.14. The summed E-state index contributed by atoms with van der Waals surface area (Å²) in [7, 11) is -0.959. The van der Waals surface area contributed by atoms with Gasteiger partial charge in [0.2, 0.25) is 0 Å². The summed E-state index contributed by atoms with van der Waals surface area (Å²) in [5.41, 5.74) is 0.401. The van der Waals surface area contributed by atoms with Crippen LogP contribution in [0.3, 0.4) is 0 Å². The van der Waals surface area contributed by atoms with Gasteiger partial charge in [-0.2, -0.15) is 0 Å². The fourth-order valence-corrected chi connectivity index (χ4v) is 3.34. The highest BCUT2D eigenvalue weighted by Crippen LogP contribution is 2.30. The Morgan fingerprint density at radius 3 is 2.33 bits per heavy atom. The van der Waals surface area contributed by atoms with Crippen molar-refractivity contribution >= 4 is 15.7 Å². The maximum Gasteiger partial charge on any atom is 0.265 e. The molecular formula is C17H21NO5S. The van der Waals surface area contributed by atoms with Gasteiger partial charge in [0.15, 0.2) is 0 Å². The third kappa shape index (κ3) is 4.32. The molecular weight excluding hydrogens is 330 g/mol. The van der Waals surface area contributed by atoms with E-state index >= 15 is 0 Å². The van der Waals surface area contributed by atoms with Crippen LogP contribution in [-0.4, -0.2) is 28.7 Å². The first-order valence-electron chi connectivity index (χ1n) is 7.37. The summed E-state index contributed by atoms with van der Waals surface area (Å²) in [4.78, 5) is -0.000434. The summed E-state index contributed by atoms with van der Waals surface area (Å²) >= 11 is 0. The Kier molecular flexibility index (Phi) is 5.56. The third-order valence-electron chi connectivity index (χ3n) is 3.12. The van der Waals surface area contributed by atoms with E-state index in [2.05, 4.69) is 4.72 Å². The molecule has 0 aromatic heterocycles. The Morgan fingerprint density at radius 1 is 0.958 bits per heavy atom. The minimum absolute atomic E-state index is 0.000434. The van der Waals surface area contributed by atoms with Crippen LogP contribution in [0.4, 0.5) is 5.69 Å². The normalized spacial score (nSPS) is 11.2. The summed E-state index contributed by atoms with van der Waals surface area (Å²) in [6, 6.07) is 11.4. The van der Waals surface area contributed by atoms with Gasteiger partial charge < -0.3 is 14.2 Å². The highest BCUT2D eigenvalue weighted by Gasteiger charge is 2.21. The number of benzene rings is 2. The van der Waals surface area contributed by atoms with Gasteiger partial charge in [0.05, 0.1) is 26.0 Å². The minimum Gasteiger partial charge on any atom is -0.497 e. The van der Waals surface area contributed by atoms with Crippen LogP contribution in [0.1, 0.15) is 13.8 Å². The SMILES string of the molecule is COc1ccc(OC)c(S(=O)(=O)Nc2cccc(OC(C)C)c2)c1. The zero-order valence-electron chi connectivity index (χ0n) is 14.1. The number of ether oxygens (including phenoxy) is 3. The highest BCUT2D eigenvalue weighted by atomic mass is 32.2. The van der Waals surface area contributed by atoms with E-state index in [1.54, 1.807) is 36.4 Å².